The normalized spacial score (nSPS) is 19.7. The van der Waals surface area contributed by atoms with E-state index in [0.717, 1.165) is 0 Å². The summed E-state index contributed by atoms with van der Waals surface area (Å²) in [6.45, 7) is 33.6. The fraction of sp³-hybridized carbons (Fsp3) is 0.625. The summed E-state index contributed by atoms with van der Waals surface area (Å²) in [7, 11) is -3.59. The van der Waals surface area contributed by atoms with Gasteiger partial charge < -0.3 is 0 Å². The van der Waals surface area contributed by atoms with Gasteiger partial charge in [-0.3, -0.25) is 0 Å². The predicted molar refractivity (Wildman–Crippen MR) is 162 cm³/mol. The van der Waals surface area contributed by atoms with E-state index in [-0.39, 0.29) is 20.6 Å². The first-order valence-electron chi connectivity index (χ1n) is 13.2. The van der Waals surface area contributed by atoms with Gasteiger partial charge in [-0.05, 0) is 107 Å². The Morgan fingerprint density at radius 3 is 0.941 bits per heavy atom. The van der Waals surface area contributed by atoms with Gasteiger partial charge in [0.25, 0.3) is 0 Å². The molecule has 0 saturated heterocycles. The molecule has 2 heteroatoms. The minimum Gasteiger partial charge on any atom is -0.0620 e. The number of hydrogen-bond donors (Lipinski definition) is 0. The van der Waals surface area contributed by atoms with Crippen LogP contribution in [-0.4, -0.2) is 25.5 Å². The minimum atomic E-state index is -1.79. The van der Waals surface area contributed by atoms with Crippen molar-refractivity contribution in [1.82, 2.24) is 0 Å². The van der Waals surface area contributed by atoms with Crippen LogP contribution in [0.2, 0.25) is 0 Å². The Morgan fingerprint density at radius 1 is 0.529 bits per heavy atom. The van der Waals surface area contributed by atoms with Gasteiger partial charge in [0.2, 0.25) is 0 Å². The zero-order valence-corrected chi connectivity index (χ0v) is 26.2. The van der Waals surface area contributed by atoms with Crippen molar-refractivity contribution in [3.05, 3.63) is 60.7 Å². The van der Waals surface area contributed by atoms with E-state index < -0.39 is 14.5 Å². The van der Waals surface area contributed by atoms with Crippen molar-refractivity contribution in [3.8, 4) is 0 Å². The highest BCUT2D eigenvalue weighted by Gasteiger charge is 2.93. The fourth-order valence-electron chi connectivity index (χ4n) is 9.19. The van der Waals surface area contributed by atoms with Crippen LogP contribution < -0.4 is 10.6 Å². The molecule has 0 radical (unpaired) electrons. The second kappa shape index (κ2) is 8.42. The van der Waals surface area contributed by atoms with Gasteiger partial charge in [-0.1, -0.05) is 43.3 Å². The molecule has 2 aromatic rings. The van der Waals surface area contributed by atoms with Gasteiger partial charge in [0.1, 0.15) is 14.5 Å². The maximum absolute atomic E-state index is 2.60. The van der Waals surface area contributed by atoms with Crippen LogP contribution in [0, 0.1) is 5.92 Å². The van der Waals surface area contributed by atoms with Crippen molar-refractivity contribution >= 4 is 25.1 Å². The summed E-state index contributed by atoms with van der Waals surface area (Å²) in [6.07, 6.45) is 1.35. The van der Waals surface area contributed by atoms with Crippen LogP contribution in [-0.2, 0) is 0 Å². The van der Waals surface area contributed by atoms with Crippen molar-refractivity contribution in [3.63, 3.8) is 0 Å². The highest BCUT2D eigenvalue weighted by Crippen LogP contribution is 3.05. The lowest BCUT2D eigenvalue weighted by molar-refractivity contribution is 0.651. The Balaban J connectivity index is 2.67. The van der Waals surface area contributed by atoms with Crippen LogP contribution >= 0.6 is 14.5 Å². The Labute approximate surface area is 213 Å². The number of hydrogen-bond acceptors (Lipinski definition) is 0. The third kappa shape index (κ3) is 3.52. The summed E-state index contributed by atoms with van der Waals surface area (Å²) in [6, 6.07) is 23.6. The zero-order valence-electron chi connectivity index (χ0n) is 24.5. The average Bonchev–Trinajstić information content (AvgIpc) is 3.30. The van der Waals surface area contributed by atoms with Crippen LogP contribution in [0.4, 0.5) is 0 Å². The summed E-state index contributed by atoms with van der Waals surface area (Å²) >= 11 is 0. The summed E-state index contributed by atoms with van der Waals surface area (Å²) in [5.41, 5.74) is 0. The molecule has 1 saturated carbocycles. The van der Waals surface area contributed by atoms with Gasteiger partial charge in [0, 0.05) is 12.3 Å². The van der Waals surface area contributed by atoms with E-state index in [4.69, 9.17) is 0 Å². The van der Waals surface area contributed by atoms with Crippen molar-refractivity contribution in [2.45, 2.75) is 122 Å². The van der Waals surface area contributed by atoms with Gasteiger partial charge in [-0.2, -0.15) is 0 Å². The van der Waals surface area contributed by atoms with E-state index in [1.807, 2.05) is 0 Å². The quantitative estimate of drug-likeness (QED) is 0.368. The van der Waals surface area contributed by atoms with Crippen molar-refractivity contribution in [1.29, 1.82) is 0 Å². The van der Waals surface area contributed by atoms with E-state index in [9.17, 15) is 0 Å². The second-order valence-corrected chi connectivity index (χ2v) is 25.7. The second-order valence-electron chi connectivity index (χ2n) is 14.7. The third-order valence-corrected chi connectivity index (χ3v) is 24.3. The molecule has 2 aromatic carbocycles. The lowest BCUT2D eigenvalue weighted by Crippen LogP contribution is -2.56. The summed E-state index contributed by atoms with van der Waals surface area (Å²) in [5.74, 6) is 0.714. The molecule has 0 aromatic heterocycles. The standard InChI is InChI=1S/C32H52P2/c1-25-24-32(25,33(28(2,3)4,29(5,6)7)26-20-16-14-17-21-26)34(30(8,9)10,31(11,12)13)27-22-18-15-19-23-27/h14-23,25H,24H2,1-13H3/q+2. The molecule has 0 N–H and O–H groups in total. The zero-order chi connectivity index (χ0) is 26.0. The Kier molecular flexibility index (Phi) is 6.91. The lowest BCUT2D eigenvalue weighted by Gasteiger charge is -2.60. The molecule has 0 bridgehead atoms. The molecule has 0 aliphatic heterocycles. The smallest absolute Gasteiger partial charge is 0.0620 e. The number of rotatable bonds is 4. The number of benzene rings is 2. The first-order valence-corrected chi connectivity index (χ1v) is 16.8. The van der Waals surface area contributed by atoms with Gasteiger partial charge in [-0.15, -0.1) is 0 Å². The Morgan fingerprint density at radius 2 is 0.765 bits per heavy atom. The first kappa shape index (κ1) is 27.9. The summed E-state index contributed by atoms with van der Waals surface area (Å²) < 4.78 is 0. The molecule has 1 aliphatic rings. The molecule has 0 nitrogen and oxygen atoms in total. The van der Waals surface area contributed by atoms with E-state index in [0.29, 0.717) is 10.8 Å². The van der Waals surface area contributed by atoms with Crippen molar-refractivity contribution in [2.24, 2.45) is 5.92 Å². The molecule has 34 heavy (non-hydrogen) atoms. The van der Waals surface area contributed by atoms with E-state index >= 15 is 0 Å². The molecule has 1 fully saturated rings. The molecule has 1 unspecified atom stereocenters. The van der Waals surface area contributed by atoms with Gasteiger partial charge in [0.15, 0.2) is 4.90 Å². The fourth-order valence-corrected chi connectivity index (χ4v) is 31.6. The molecule has 3 rings (SSSR count). The topological polar surface area (TPSA) is 0 Å². The summed E-state index contributed by atoms with van der Waals surface area (Å²) in [4.78, 5) is 0.301. The van der Waals surface area contributed by atoms with Crippen LogP contribution in [0.25, 0.3) is 0 Å². The predicted octanol–water partition coefficient (Wildman–Crippen LogP) is 9.60. The first-order chi connectivity index (χ1) is 15.3. The van der Waals surface area contributed by atoms with Crippen LogP contribution in [0.3, 0.4) is 0 Å². The molecular formula is C32H52P2+2. The van der Waals surface area contributed by atoms with Crippen LogP contribution in [0.5, 0.6) is 0 Å². The molecule has 1 atom stereocenters. The molecule has 0 amide bonds. The van der Waals surface area contributed by atoms with Crippen molar-refractivity contribution < 1.29 is 0 Å². The summed E-state index contributed by atoms with van der Waals surface area (Å²) in [5, 5.41) is 4.05. The van der Waals surface area contributed by atoms with Gasteiger partial charge >= 0.3 is 0 Å². The highest BCUT2D eigenvalue weighted by atomic mass is 31.2. The average molecular weight is 499 g/mol. The van der Waals surface area contributed by atoms with Gasteiger partial charge in [0.05, 0.1) is 31.2 Å². The van der Waals surface area contributed by atoms with E-state index in [1.54, 1.807) is 10.6 Å². The molecule has 188 valence electrons. The highest BCUT2D eigenvalue weighted by molar-refractivity contribution is 8.03. The SMILES string of the molecule is CC1CC1([P+](c1ccccc1)(C(C)(C)C)C(C)(C)C)[P+](c1ccccc1)(C(C)(C)C)C(C)(C)C. The maximum atomic E-state index is 2.60. The lowest BCUT2D eigenvalue weighted by atomic mass is 10.2. The van der Waals surface area contributed by atoms with Crippen LogP contribution in [0.1, 0.15) is 96.4 Å². The van der Waals surface area contributed by atoms with E-state index in [2.05, 4.69) is 151 Å². The van der Waals surface area contributed by atoms with Crippen LogP contribution in [0.15, 0.2) is 60.7 Å². The third-order valence-electron chi connectivity index (χ3n) is 8.71. The molecule has 0 heterocycles. The Bertz CT molecular complexity index is 872. The molecular weight excluding hydrogens is 446 g/mol. The molecule has 1 aliphatic carbocycles. The monoisotopic (exact) mass is 498 g/mol. The largest absolute Gasteiger partial charge is 0.192 e. The van der Waals surface area contributed by atoms with E-state index in [1.165, 1.54) is 6.42 Å². The Hall–Kier alpha value is -0.700. The minimum absolute atomic E-state index is 0.188. The maximum Gasteiger partial charge on any atom is 0.192 e. The molecule has 0 spiro atoms. The van der Waals surface area contributed by atoms with Crippen molar-refractivity contribution in [2.75, 3.05) is 0 Å². The van der Waals surface area contributed by atoms with Gasteiger partial charge in [-0.25, -0.2) is 0 Å².